The van der Waals surface area contributed by atoms with E-state index in [-0.39, 0.29) is 6.54 Å². The third kappa shape index (κ3) is 5.62. The first-order valence-electron chi connectivity index (χ1n) is 10.5. The lowest BCUT2D eigenvalue weighted by atomic mass is 9.88. The van der Waals surface area contributed by atoms with Gasteiger partial charge in [-0.3, -0.25) is 4.90 Å². The number of likely N-dealkylation sites (tertiary alicyclic amines) is 1. The molecule has 6 nitrogen and oxygen atoms in total. The van der Waals surface area contributed by atoms with Crippen molar-refractivity contribution in [3.8, 4) is 0 Å². The molecule has 0 radical (unpaired) electrons. The van der Waals surface area contributed by atoms with Crippen molar-refractivity contribution in [1.82, 2.24) is 15.5 Å². The Kier molecular flexibility index (Phi) is 7.38. The zero-order chi connectivity index (χ0) is 20.9. The highest BCUT2D eigenvalue weighted by molar-refractivity contribution is 7.10. The predicted molar refractivity (Wildman–Crippen MR) is 119 cm³/mol. The monoisotopic (exact) mass is 418 g/mol. The van der Waals surface area contributed by atoms with Gasteiger partial charge in [0.15, 0.2) is 5.96 Å². The summed E-state index contributed by atoms with van der Waals surface area (Å²) in [5, 5.41) is 19.7. The van der Waals surface area contributed by atoms with E-state index >= 15 is 0 Å². The van der Waals surface area contributed by atoms with Gasteiger partial charge in [-0.2, -0.15) is 0 Å². The lowest BCUT2D eigenvalue weighted by molar-refractivity contribution is 0.0428. The first-order chi connectivity index (χ1) is 13.9. The van der Waals surface area contributed by atoms with Gasteiger partial charge in [0, 0.05) is 24.0 Å². The minimum absolute atomic E-state index is 0.230. The minimum Gasteiger partial charge on any atom is -0.463 e. The number of furan rings is 1. The molecule has 0 saturated carbocycles. The Bertz CT molecular complexity index is 785. The molecule has 1 fully saturated rings. The van der Waals surface area contributed by atoms with Crippen LogP contribution in [0.1, 0.15) is 49.1 Å². The third-order valence-electron chi connectivity index (χ3n) is 5.53. The summed E-state index contributed by atoms with van der Waals surface area (Å²) in [5.41, 5.74) is -1.14. The summed E-state index contributed by atoms with van der Waals surface area (Å²) in [7, 11) is 2.22. The number of aliphatic hydroxyl groups is 1. The SMILES string of the molecule is CCNC(=NCC(C)(O)c1ccc(C)o1)NCC1CCCN(C)C1c1cccs1. The molecule has 1 aliphatic heterocycles. The van der Waals surface area contributed by atoms with Gasteiger partial charge in [-0.1, -0.05) is 6.07 Å². The summed E-state index contributed by atoms with van der Waals surface area (Å²) in [6.07, 6.45) is 2.41. The van der Waals surface area contributed by atoms with Crippen LogP contribution in [0.2, 0.25) is 0 Å². The Morgan fingerprint density at radius 3 is 2.86 bits per heavy atom. The number of aliphatic imine (C=N–C) groups is 1. The minimum atomic E-state index is -1.14. The maximum Gasteiger partial charge on any atom is 0.191 e. The van der Waals surface area contributed by atoms with Gasteiger partial charge >= 0.3 is 0 Å². The van der Waals surface area contributed by atoms with E-state index in [0.29, 0.717) is 17.7 Å². The van der Waals surface area contributed by atoms with Crippen molar-refractivity contribution in [2.75, 3.05) is 33.2 Å². The van der Waals surface area contributed by atoms with Crippen LogP contribution in [0.15, 0.2) is 39.1 Å². The standard InChI is InChI=1S/C22H34N4O2S/c1-5-23-21(25-15-22(3,27)19-11-10-16(2)28-19)24-14-17-8-6-12-26(4)20(17)18-9-7-13-29-18/h7,9-11,13,17,20,27H,5-6,8,12,14-15H2,1-4H3,(H2,23,24,25). The van der Waals surface area contributed by atoms with E-state index in [4.69, 9.17) is 4.42 Å². The fourth-order valence-electron chi connectivity index (χ4n) is 3.99. The fourth-order valence-corrected chi connectivity index (χ4v) is 4.97. The van der Waals surface area contributed by atoms with Crippen LogP contribution in [0.25, 0.3) is 0 Å². The maximum absolute atomic E-state index is 10.8. The van der Waals surface area contributed by atoms with Crippen molar-refractivity contribution in [3.63, 3.8) is 0 Å². The number of hydrogen-bond acceptors (Lipinski definition) is 5. The summed E-state index contributed by atoms with van der Waals surface area (Å²) in [6.45, 7) is 8.65. The molecular formula is C22H34N4O2S. The average molecular weight is 419 g/mol. The summed E-state index contributed by atoms with van der Waals surface area (Å²) >= 11 is 1.84. The average Bonchev–Trinajstić information content (AvgIpc) is 3.36. The van der Waals surface area contributed by atoms with Crippen LogP contribution in [-0.4, -0.2) is 49.2 Å². The predicted octanol–water partition coefficient (Wildman–Crippen LogP) is 3.50. The van der Waals surface area contributed by atoms with Crippen LogP contribution < -0.4 is 10.6 Å². The molecule has 0 amide bonds. The van der Waals surface area contributed by atoms with E-state index in [0.717, 1.165) is 31.4 Å². The lowest BCUT2D eigenvalue weighted by Crippen LogP contribution is -2.45. The third-order valence-corrected chi connectivity index (χ3v) is 6.48. The lowest BCUT2D eigenvalue weighted by Gasteiger charge is -2.39. The number of aryl methyl sites for hydroxylation is 1. The quantitative estimate of drug-likeness (QED) is 0.474. The molecule has 7 heteroatoms. The molecule has 160 valence electrons. The van der Waals surface area contributed by atoms with Crippen LogP contribution in [0.3, 0.4) is 0 Å². The van der Waals surface area contributed by atoms with E-state index < -0.39 is 5.60 Å². The number of hydrogen-bond donors (Lipinski definition) is 3. The molecule has 3 unspecified atom stereocenters. The van der Waals surface area contributed by atoms with Crippen LogP contribution >= 0.6 is 11.3 Å². The fraction of sp³-hybridized carbons (Fsp3) is 0.591. The Balaban J connectivity index is 1.65. The molecule has 1 saturated heterocycles. The Labute approximate surface area is 178 Å². The van der Waals surface area contributed by atoms with Gasteiger partial charge < -0.3 is 20.2 Å². The molecule has 0 aromatic carbocycles. The highest BCUT2D eigenvalue weighted by Gasteiger charge is 2.31. The maximum atomic E-state index is 10.8. The molecule has 2 aromatic heterocycles. The van der Waals surface area contributed by atoms with Crippen molar-refractivity contribution in [2.24, 2.45) is 10.9 Å². The molecule has 2 aromatic rings. The molecular weight excluding hydrogens is 384 g/mol. The van der Waals surface area contributed by atoms with Crippen molar-refractivity contribution in [1.29, 1.82) is 0 Å². The zero-order valence-electron chi connectivity index (χ0n) is 17.9. The molecule has 0 spiro atoms. The first kappa shape index (κ1) is 21.9. The second-order valence-electron chi connectivity index (χ2n) is 8.10. The number of nitrogens with zero attached hydrogens (tertiary/aromatic N) is 2. The molecule has 3 heterocycles. The molecule has 1 aliphatic rings. The number of rotatable bonds is 7. The molecule has 0 bridgehead atoms. The van der Waals surface area contributed by atoms with Gasteiger partial charge in [-0.25, -0.2) is 4.99 Å². The molecule has 3 rings (SSSR count). The van der Waals surface area contributed by atoms with E-state index in [1.54, 1.807) is 6.92 Å². The van der Waals surface area contributed by atoms with Gasteiger partial charge in [0.05, 0.1) is 6.54 Å². The van der Waals surface area contributed by atoms with Gasteiger partial charge in [0.25, 0.3) is 0 Å². The zero-order valence-corrected chi connectivity index (χ0v) is 18.8. The van der Waals surface area contributed by atoms with Crippen molar-refractivity contribution < 1.29 is 9.52 Å². The molecule has 3 atom stereocenters. The highest BCUT2D eigenvalue weighted by Crippen LogP contribution is 2.36. The normalized spacial score (nSPS) is 23.0. The second kappa shape index (κ2) is 9.78. The van der Waals surface area contributed by atoms with E-state index in [2.05, 4.69) is 45.1 Å². The largest absolute Gasteiger partial charge is 0.463 e. The smallest absolute Gasteiger partial charge is 0.191 e. The van der Waals surface area contributed by atoms with Crippen molar-refractivity contribution >= 4 is 17.3 Å². The van der Waals surface area contributed by atoms with E-state index in [9.17, 15) is 5.11 Å². The Morgan fingerprint density at radius 2 is 2.21 bits per heavy atom. The van der Waals surface area contributed by atoms with Crippen molar-refractivity contribution in [3.05, 3.63) is 46.0 Å². The number of piperidine rings is 1. The Morgan fingerprint density at radius 1 is 1.38 bits per heavy atom. The number of nitrogens with one attached hydrogen (secondary N) is 2. The van der Waals surface area contributed by atoms with Crippen LogP contribution in [0.4, 0.5) is 0 Å². The summed E-state index contributed by atoms with van der Waals surface area (Å²) < 4.78 is 5.60. The van der Waals surface area contributed by atoms with Crippen LogP contribution in [0, 0.1) is 12.8 Å². The summed E-state index contributed by atoms with van der Waals surface area (Å²) in [5.74, 6) is 2.58. The van der Waals surface area contributed by atoms with Crippen LogP contribution in [-0.2, 0) is 5.60 Å². The second-order valence-corrected chi connectivity index (χ2v) is 9.08. The topological polar surface area (TPSA) is 73.0 Å². The van der Waals surface area contributed by atoms with Gasteiger partial charge in [0.2, 0.25) is 0 Å². The summed E-state index contributed by atoms with van der Waals surface area (Å²) in [6, 6.07) is 8.49. The number of guanidine groups is 1. The molecule has 0 aliphatic carbocycles. The first-order valence-corrected chi connectivity index (χ1v) is 11.3. The number of thiophene rings is 1. The highest BCUT2D eigenvalue weighted by atomic mass is 32.1. The van der Waals surface area contributed by atoms with Gasteiger partial charge in [-0.15, -0.1) is 11.3 Å². The molecule has 29 heavy (non-hydrogen) atoms. The van der Waals surface area contributed by atoms with E-state index in [1.807, 2.05) is 37.3 Å². The van der Waals surface area contributed by atoms with E-state index in [1.165, 1.54) is 17.7 Å². The molecule has 3 N–H and O–H groups in total. The van der Waals surface area contributed by atoms with Crippen LogP contribution in [0.5, 0.6) is 0 Å². The van der Waals surface area contributed by atoms with Crippen molar-refractivity contribution in [2.45, 2.75) is 45.3 Å². The summed E-state index contributed by atoms with van der Waals surface area (Å²) in [4.78, 5) is 8.53. The van der Waals surface area contributed by atoms with Gasteiger partial charge in [-0.05, 0) is 76.7 Å². The van der Waals surface area contributed by atoms with Gasteiger partial charge in [0.1, 0.15) is 17.1 Å². The Hall–Kier alpha value is -1.83.